The summed E-state index contributed by atoms with van der Waals surface area (Å²) in [5.74, 6) is -1.27. The average molecular weight is 213 g/mol. The second-order valence-corrected chi connectivity index (χ2v) is 3.65. The van der Waals surface area contributed by atoms with Gasteiger partial charge < -0.3 is 15.1 Å². The molecule has 1 aliphatic rings. The summed E-state index contributed by atoms with van der Waals surface area (Å²) in [5, 5.41) is 17.4. The molecule has 0 spiro atoms. The molecule has 0 aromatic rings. The van der Waals surface area contributed by atoms with Gasteiger partial charge in [-0.2, -0.15) is 0 Å². The Balaban J connectivity index is 2.64. The van der Waals surface area contributed by atoms with Gasteiger partial charge >= 0.3 is 5.97 Å². The fourth-order valence-corrected chi connectivity index (χ4v) is 1.60. The van der Waals surface area contributed by atoms with E-state index >= 15 is 0 Å². The normalized spacial score (nSPS) is 22.3. The molecule has 15 heavy (non-hydrogen) atoms. The lowest BCUT2D eigenvalue weighted by atomic mass is 10.1. The van der Waals surface area contributed by atoms with Gasteiger partial charge in [0.2, 0.25) is 5.91 Å². The lowest BCUT2D eigenvalue weighted by molar-refractivity contribution is -0.132. The van der Waals surface area contributed by atoms with E-state index in [1.54, 1.807) is 0 Å². The molecule has 5 nitrogen and oxygen atoms in total. The molecule has 1 rings (SSSR count). The quantitative estimate of drug-likeness (QED) is 0.654. The number of aliphatic carboxylic acids is 1. The van der Waals surface area contributed by atoms with Crippen LogP contribution in [0.15, 0.2) is 11.8 Å². The van der Waals surface area contributed by atoms with Crippen molar-refractivity contribution < 1.29 is 19.8 Å². The van der Waals surface area contributed by atoms with Gasteiger partial charge in [0.1, 0.15) is 0 Å². The molecule has 1 atom stereocenters. The lowest BCUT2D eigenvalue weighted by Crippen LogP contribution is -2.23. The van der Waals surface area contributed by atoms with Gasteiger partial charge in [0.25, 0.3) is 0 Å². The van der Waals surface area contributed by atoms with Crippen LogP contribution in [0, 0.1) is 5.92 Å². The van der Waals surface area contributed by atoms with Crippen molar-refractivity contribution in [2.45, 2.75) is 19.8 Å². The molecule has 1 aliphatic heterocycles. The predicted molar refractivity (Wildman–Crippen MR) is 52.9 cm³/mol. The second kappa shape index (κ2) is 4.93. The van der Waals surface area contributed by atoms with Crippen molar-refractivity contribution in [3.63, 3.8) is 0 Å². The van der Waals surface area contributed by atoms with Crippen LogP contribution < -0.4 is 0 Å². The maximum absolute atomic E-state index is 11.6. The van der Waals surface area contributed by atoms with Crippen molar-refractivity contribution in [1.29, 1.82) is 0 Å². The molecule has 1 unspecified atom stereocenters. The Hall–Kier alpha value is -1.36. The second-order valence-electron chi connectivity index (χ2n) is 3.65. The standard InChI is InChI=1S/C10H15NO4/c1-7(10(14)15)6-11-4-2-8(3-5-12)9(11)13/h6,8,12H,2-5H2,1H3,(H,14,15). The van der Waals surface area contributed by atoms with E-state index in [1.807, 2.05) is 0 Å². The van der Waals surface area contributed by atoms with Gasteiger partial charge in [-0.3, -0.25) is 4.79 Å². The van der Waals surface area contributed by atoms with Crippen molar-refractivity contribution in [3.05, 3.63) is 11.8 Å². The molecule has 2 N–H and O–H groups in total. The van der Waals surface area contributed by atoms with Crippen molar-refractivity contribution in [3.8, 4) is 0 Å². The number of carbonyl (C=O) groups excluding carboxylic acids is 1. The van der Waals surface area contributed by atoms with Crippen LogP contribution >= 0.6 is 0 Å². The molecule has 0 saturated carbocycles. The van der Waals surface area contributed by atoms with Gasteiger partial charge in [0.05, 0.1) is 5.57 Å². The van der Waals surface area contributed by atoms with Gasteiger partial charge in [-0.15, -0.1) is 0 Å². The molecule has 5 heteroatoms. The van der Waals surface area contributed by atoms with Crippen LogP contribution in [-0.2, 0) is 9.59 Å². The van der Waals surface area contributed by atoms with E-state index in [4.69, 9.17) is 10.2 Å². The third-order valence-electron chi connectivity index (χ3n) is 2.52. The number of aliphatic hydroxyl groups excluding tert-OH is 1. The zero-order valence-corrected chi connectivity index (χ0v) is 8.64. The third-order valence-corrected chi connectivity index (χ3v) is 2.52. The summed E-state index contributed by atoms with van der Waals surface area (Å²) < 4.78 is 0. The average Bonchev–Trinajstić information content (AvgIpc) is 2.50. The highest BCUT2D eigenvalue weighted by atomic mass is 16.4. The molecule has 0 aromatic carbocycles. The summed E-state index contributed by atoms with van der Waals surface area (Å²) >= 11 is 0. The van der Waals surface area contributed by atoms with Gasteiger partial charge in [0.15, 0.2) is 0 Å². The molecular weight excluding hydrogens is 198 g/mol. The molecule has 1 fully saturated rings. The smallest absolute Gasteiger partial charge is 0.332 e. The number of hydrogen-bond acceptors (Lipinski definition) is 3. The zero-order valence-electron chi connectivity index (χ0n) is 8.64. The minimum Gasteiger partial charge on any atom is -0.478 e. The number of carboxylic acids is 1. The van der Waals surface area contributed by atoms with E-state index < -0.39 is 5.97 Å². The molecule has 1 saturated heterocycles. The van der Waals surface area contributed by atoms with E-state index in [1.165, 1.54) is 18.0 Å². The number of amides is 1. The van der Waals surface area contributed by atoms with E-state index in [0.717, 1.165) is 0 Å². The number of carboxylic acid groups (broad SMARTS) is 1. The van der Waals surface area contributed by atoms with E-state index in [9.17, 15) is 9.59 Å². The SMILES string of the molecule is CC(=CN1CCC(CCO)C1=O)C(=O)O. The molecular formula is C10H15NO4. The van der Waals surface area contributed by atoms with Gasteiger partial charge in [-0.1, -0.05) is 0 Å². The number of hydrogen-bond donors (Lipinski definition) is 2. The molecule has 0 aliphatic carbocycles. The molecule has 1 heterocycles. The number of nitrogens with zero attached hydrogens (tertiary/aromatic N) is 1. The topological polar surface area (TPSA) is 77.8 Å². The van der Waals surface area contributed by atoms with E-state index in [0.29, 0.717) is 19.4 Å². The Morgan fingerprint density at radius 2 is 2.33 bits per heavy atom. The van der Waals surface area contributed by atoms with Crippen LogP contribution in [0.25, 0.3) is 0 Å². The highest BCUT2D eigenvalue weighted by Crippen LogP contribution is 2.21. The number of carbonyl (C=O) groups is 2. The summed E-state index contributed by atoms with van der Waals surface area (Å²) in [6, 6.07) is 0. The number of aliphatic hydroxyl groups is 1. The van der Waals surface area contributed by atoms with E-state index in [-0.39, 0.29) is 24.0 Å². The summed E-state index contributed by atoms with van der Waals surface area (Å²) in [6.45, 7) is 1.98. The van der Waals surface area contributed by atoms with Gasteiger partial charge in [-0.25, -0.2) is 4.79 Å². The molecule has 1 amide bonds. The van der Waals surface area contributed by atoms with Gasteiger partial charge in [-0.05, 0) is 19.8 Å². The van der Waals surface area contributed by atoms with Crippen LogP contribution in [-0.4, -0.2) is 40.1 Å². The zero-order chi connectivity index (χ0) is 11.4. The molecule has 0 bridgehead atoms. The Morgan fingerprint density at radius 1 is 1.67 bits per heavy atom. The highest BCUT2D eigenvalue weighted by Gasteiger charge is 2.30. The maximum Gasteiger partial charge on any atom is 0.332 e. The summed E-state index contributed by atoms with van der Waals surface area (Å²) in [4.78, 5) is 23.6. The molecule has 0 radical (unpaired) electrons. The van der Waals surface area contributed by atoms with Crippen LogP contribution in [0.2, 0.25) is 0 Å². The van der Waals surface area contributed by atoms with Crippen molar-refractivity contribution in [1.82, 2.24) is 4.90 Å². The first kappa shape index (κ1) is 11.7. The summed E-state index contributed by atoms with van der Waals surface area (Å²) in [7, 11) is 0. The minimum atomic E-state index is -1.02. The largest absolute Gasteiger partial charge is 0.478 e. The fourth-order valence-electron chi connectivity index (χ4n) is 1.60. The predicted octanol–water partition coefficient (Wildman–Crippen LogP) is 0.206. The van der Waals surface area contributed by atoms with Crippen LogP contribution in [0.4, 0.5) is 0 Å². The van der Waals surface area contributed by atoms with Gasteiger partial charge in [0, 0.05) is 25.3 Å². The molecule has 0 aromatic heterocycles. The first-order valence-corrected chi connectivity index (χ1v) is 4.89. The Labute approximate surface area is 88.0 Å². The minimum absolute atomic E-state index is 0.00806. The van der Waals surface area contributed by atoms with Crippen molar-refractivity contribution in [2.24, 2.45) is 5.92 Å². The number of likely N-dealkylation sites (tertiary alicyclic amines) is 1. The summed E-state index contributed by atoms with van der Waals surface area (Å²) in [5.41, 5.74) is 0.146. The lowest BCUT2D eigenvalue weighted by Gasteiger charge is -2.11. The van der Waals surface area contributed by atoms with Crippen LogP contribution in [0.1, 0.15) is 19.8 Å². The first-order chi connectivity index (χ1) is 7.06. The van der Waals surface area contributed by atoms with Crippen LogP contribution in [0.5, 0.6) is 0 Å². The number of rotatable bonds is 4. The van der Waals surface area contributed by atoms with E-state index in [2.05, 4.69) is 0 Å². The summed E-state index contributed by atoms with van der Waals surface area (Å²) in [6.07, 6.45) is 2.50. The highest BCUT2D eigenvalue weighted by molar-refractivity contribution is 5.88. The van der Waals surface area contributed by atoms with Crippen molar-refractivity contribution >= 4 is 11.9 Å². The first-order valence-electron chi connectivity index (χ1n) is 4.89. The Bertz CT molecular complexity index is 298. The van der Waals surface area contributed by atoms with Crippen LogP contribution in [0.3, 0.4) is 0 Å². The third kappa shape index (κ3) is 2.79. The fraction of sp³-hybridized carbons (Fsp3) is 0.600. The molecule has 84 valence electrons. The van der Waals surface area contributed by atoms with Crippen molar-refractivity contribution in [2.75, 3.05) is 13.2 Å². The monoisotopic (exact) mass is 213 g/mol. The Kier molecular flexibility index (Phi) is 3.85. The maximum atomic E-state index is 11.6. The Morgan fingerprint density at radius 3 is 2.87 bits per heavy atom.